The van der Waals surface area contributed by atoms with Crippen molar-refractivity contribution in [3.05, 3.63) is 0 Å². The molecule has 0 aromatic rings. The summed E-state index contributed by atoms with van der Waals surface area (Å²) in [5.74, 6) is -0.301. The lowest BCUT2D eigenvalue weighted by Crippen LogP contribution is -2.70. The highest BCUT2D eigenvalue weighted by atomic mass is 32.2. The van der Waals surface area contributed by atoms with Gasteiger partial charge in [-0.05, 0) is 26.1 Å². The van der Waals surface area contributed by atoms with Gasteiger partial charge in [0.25, 0.3) is 5.12 Å². The summed E-state index contributed by atoms with van der Waals surface area (Å²) in [5.41, 5.74) is 0. The molecule has 0 bridgehead atoms. The monoisotopic (exact) mass is 347 g/mol. The fourth-order valence-electron chi connectivity index (χ4n) is 2.74. The first-order valence-corrected chi connectivity index (χ1v) is 11.2. The zero-order valence-electron chi connectivity index (χ0n) is 14.4. The number of ketones is 1. The summed E-state index contributed by atoms with van der Waals surface area (Å²) in [6, 6.07) is 0. The van der Waals surface area contributed by atoms with E-state index >= 15 is 0 Å². The second-order valence-corrected chi connectivity index (χ2v) is 10.8. The zero-order chi connectivity index (χ0) is 16.8. The SMILES string of the molecule is CCCCC1([Si](C)(OC)OCCN(CC)CC)SC(=O)C1=O. The molecule has 0 radical (unpaired) electrons. The lowest BCUT2D eigenvalue weighted by Gasteiger charge is -2.46. The molecule has 0 aromatic heterocycles. The largest absolute Gasteiger partial charge is 0.397 e. The normalized spacial score (nSPS) is 24.5. The van der Waals surface area contributed by atoms with Crippen LogP contribution in [-0.4, -0.2) is 62.1 Å². The van der Waals surface area contributed by atoms with Crippen LogP contribution in [0.4, 0.5) is 0 Å². The van der Waals surface area contributed by atoms with Gasteiger partial charge in [0, 0.05) is 20.3 Å². The van der Waals surface area contributed by atoms with E-state index in [1.54, 1.807) is 7.11 Å². The van der Waals surface area contributed by atoms with Crippen LogP contribution in [0.15, 0.2) is 0 Å². The first-order chi connectivity index (χ1) is 10.4. The lowest BCUT2D eigenvalue weighted by molar-refractivity contribution is -0.134. The molecule has 1 saturated heterocycles. The second kappa shape index (κ2) is 8.59. The topological polar surface area (TPSA) is 55.8 Å². The molecule has 1 aliphatic heterocycles. The van der Waals surface area contributed by atoms with Crippen molar-refractivity contribution < 1.29 is 18.4 Å². The number of carbonyl (C=O) groups is 2. The molecule has 7 heteroatoms. The molecule has 0 aliphatic carbocycles. The van der Waals surface area contributed by atoms with Gasteiger partial charge in [-0.3, -0.25) is 9.59 Å². The molecule has 22 heavy (non-hydrogen) atoms. The Morgan fingerprint density at radius 1 is 1.23 bits per heavy atom. The number of likely N-dealkylation sites (N-methyl/N-ethyl adjacent to an activating group) is 1. The minimum atomic E-state index is -2.76. The third kappa shape index (κ3) is 3.81. The van der Waals surface area contributed by atoms with Crippen LogP contribution in [-0.2, 0) is 18.4 Å². The first kappa shape index (κ1) is 19.8. The predicted molar refractivity (Wildman–Crippen MR) is 92.2 cm³/mol. The molecule has 1 rings (SSSR count). The number of hydrogen-bond donors (Lipinski definition) is 0. The summed E-state index contributed by atoms with van der Waals surface area (Å²) in [7, 11) is -1.15. The molecule has 0 spiro atoms. The van der Waals surface area contributed by atoms with Gasteiger partial charge in [-0.2, -0.15) is 0 Å². The van der Waals surface area contributed by atoms with Crippen LogP contribution in [0.1, 0.15) is 40.0 Å². The van der Waals surface area contributed by atoms with E-state index in [1.165, 1.54) is 0 Å². The minimum absolute atomic E-state index is 0.301. The Bertz CT molecular complexity index is 405. The Morgan fingerprint density at radius 3 is 2.27 bits per heavy atom. The van der Waals surface area contributed by atoms with E-state index in [-0.39, 0.29) is 10.9 Å². The van der Waals surface area contributed by atoms with Crippen molar-refractivity contribution in [2.45, 2.75) is 51.0 Å². The third-order valence-corrected chi connectivity index (χ3v) is 10.5. The Labute approximate surface area is 139 Å². The number of rotatable bonds is 11. The smallest absolute Gasteiger partial charge is 0.360 e. The highest BCUT2D eigenvalue weighted by Crippen LogP contribution is 2.49. The van der Waals surface area contributed by atoms with E-state index in [9.17, 15) is 9.59 Å². The summed E-state index contributed by atoms with van der Waals surface area (Å²) < 4.78 is 11.1. The van der Waals surface area contributed by atoms with Crippen LogP contribution < -0.4 is 0 Å². The van der Waals surface area contributed by atoms with Crippen LogP contribution in [0.2, 0.25) is 6.55 Å². The summed E-state index contributed by atoms with van der Waals surface area (Å²) in [6.07, 6.45) is 2.55. The zero-order valence-corrected chi connectivity index (χ0v) is 16.3. The molecule has 1 fully saturated rings. The molecule has 128 valence electrons. The Hall–Kier alpha value is -0.213. The molecule has 2 unspecified atom stereocenters. The Morgan fingerprint density at radius 2 is 1.86 bits per heavy atom. The molecule has 0 aromatic carbocycles. The van der Waals surface area contributed by atoms with Crippen LogP contribution in [0, 0.1) is 0 Å². The fraction of sp³-hybridized carbons (Fsp3) is 0.867. The van der Waals surface area contributed by atoms with Crippen LogP contribution >= 0.6 is 11.8 Å². The van der Waals surface area contributed by atoms with Gasteiger partial charge >= 0.3 is 8.56 Å². The summed E-state index contributed by atoms with van der Waals surface area (Å²) >= 11 is 1.14. The van der Waals surface area contributed by atoms with Crippen LogP contribution in [0.5, 0.6) is 0 Å². The Kier molecular flexibility index (Phi) is 7.74. The quantitative estimate of drug-likeness (QED) is 0.422. The molecular formula is C15H29NO4SSi. The van der Waals surface area contributed by atoms with Crippen molar-refractivity contribution in [2.75, 3.05) is 33.4 Å². The van der Waals surface area contributed by atoms with Gasteiger partial charge in [0.2, 0.25) is 5.78 Å². The van der Waals surface area contributed by atoms with E-state index in [0.717, 1.165) is 44.2 Å². The van der Waals surface area contributed by atoms with Gasteiger partial charge < -0.3 is 13.8 Å². The van der Waals surface area contributed by atoms with Gasteiger partial charge in [0.15, 0.2) is 0 Å². The lowest BCUT2D eigenvalue weighted by atomic mass is 10.1. The summed E-state index contributed by atoms with van der Waals surface area (Å²) in [5, 5.41) is -0.348. The van der Waals surface area contributed by atoms with E-state index in [0.29, 0.717) is 13.0 Å². The van der Waals surface area contributed by atoms with Crippen LogP contribution in [0.3, 0.4) is 0 Å². The number of unbranched alkanes of at least 4 members (excludes halogenated alkanes) is 1. The van der Waals surface area contributed by atoms with E-state index in [2.05, 4.69) is 25.7 Å². The average molecular weight is 348 g/mol. The van der Waals surface area contributed by atoms with Gasteiger partial charge in [0.1, 0.15) is 4.37 Å². The third-order valence-electron chi connectivity index (χ3n) is 4.50. The van der Waals surface area contributed by atoms with Crippen molar-refractivity contribution in [2.24, 2.45) is 0 Å². The van der Waals surface area contributed by atoms with Crippen molar-refractivity contribution in [3.63, 3.8) is 0 Å². The van der Waals surface area contributed by atoms with Gasteiger partial charge in [-0.15, -0.1) is 0 Å². The fourth-order valence-corrected chi connectivity index (χ4v) is 7.45. The van der Waals surface area contributed by atoms with Gasteiger partial charge in [0.05, 0.1) is 0 Å². The molecule has 0 N–H and O–H groups in total. The average Bonchev–Trinajstić information content (AvgIpc) is 2.54. The predicted octanol–water partition coefficient (Wildman–Crippen LogP) is 2.37. The second-order valence-electron chi connectivity index (χ2n) is 5.67. The molecule has 2 atom stereocenters. The summed E-state index contributed by atoms with van der Waals surface area (Å²) in [6.45, 7) is 11.5. The van der Waals surface area contributed by atoms with E-state index in [1.807, 2.05) is 6.55 Å². The number of hydrogen-bond acceptors (Lipinski definition) is 6. The first-order valence-electron chi connectivity index (χ1n) is 8.10. The van der Waals surface area contributed by atoms with Gasteiger partial charge in [-0.1, -0.05) is 45.4 Å². The number of thioether (sulfide) groups is 1. The standard InChI is InChI=1S/C15H29NO4SSi/c1-6-9-10-15(13(17)14(18)21-15)22(5,19-4)20-12-11-16(7-2)8-3/h6-12H2,1-5H3. The van der Waals surface area contributed by atoms with Crippen molar-refractivity contribution in [1.82, 2.24) is 4.90 Å². The van der Waals surface area contributed by atoms with Crippen molar-refractivity contribution >= 4 is 31.2 Å². The van der Waals surface area contributed by atoms with Crippen molar-refractivity contribution in [1.29, 1.82) is 0 Å². The number of nitrogens with zero attached hydrogens (tertiary/aromatic N) is 1. The molecule has 1 heterocycles. The number of Topliss-reactive ketones (excluding diaryl/α,β-unsaturated/α-hetero) is 1. The Balaban J connectivity index is 2.79. The molecule has 0 amide bonds. The summed E-state index contributed by atoms with van der Waals surface area (Å²) in [4.78, 5) is 26.1. The molecular weight excluding hydrogens is 318 g/mol. The maximum Gasteiger partial charge on any atom is 0.360 e. The van der Waals surface area contributed by atoms with Crippen LogP contribution in [0.25, 0.3) is 0 Å². The molecule has 0 saturated carbocycles. The highest BCUT2D eigenvalue weighted by molar-refractivity contribution is 8.22. The maximum absolute atomic E-state index is 12.3. The molecule has 1 aliphatic rings. The van der Waals surface area contributed by atoms with E-state index in [4.69, 9.17) is 8.85 Å². The molecule has 5 nitrogen and oxygen atoms in total. The van der Waals surface area contributed by atoms with E-state index < -0.39 is 12.9 Å². The number of carbonyl (C=O) groups excluding carboxylic acids is 2. The van der Waals surface area contributed by atoms with Gasteiger partial charge in [-0.25, -0.2) is 0 Å². The van der Waals surface area contributed by atoms with Crippen molar-refractivity contribution in [3.8, 4) is 0 Å². The highest BCUT2D eigenvalue weighted by Gasteiger charge is 2.68. The maximum atomic E-state index is 12.3. The minimum Gasteiger partial charge on any atom is -0.397 e.